The normalized spacial score (nSPS) is 17.2. The topological polar surface area (TPSA) is 95.5 Å². The summed E-state index contributed by atoms with van der Waals surface area (Å²) >= 11 is 0. The second-order valence-corrected chi connectivity index (χ2v) is 7.33. The van der Waals surface area contributed by atoms with Crippen molar-refractivity contribution in [2.24, 2.45) is 11.3 Å². The number of hydrogen-bond acceptors (Lipinski definition) is 3. The maximum absolute atomic E-state index is 13.1. The number of carboxylic acids is 1. The predicted octanol–water partition coefficient (Wildman–Crippen LogP) is 3.35. The van der Waals surface area contributed by atoms with Crippen LogP contribution in [0.3, 0.4) is 0 Å². The molecule has 1 fully saturated rings. The number of nitrogens with one attached hydrogen (secondary N) is 2. The smallest absolute Gasteiger partial charge is 0.304 e. The summed E-state index contributed by atoms with van der Waals surface area (Å²) in [6, 6.07) is 5.14. The van der Waals surface area contributed by atoms with E-state index >= 15 is 0 Å². The van der Waals surface area contributed by atoms with Gasteiger partial charge in [-0.15, -0.1) is 0 Å². The fourth-order valence-corrected chi connectivity index (χ4v) is 3.88. The molecule has 6 heteroatoms. The maximum Gasteiger partial charge on any atom is 0.304 e. The molecular formula is C20H28N2O4. The summed E-state index contributed by atoms with van der Waals surface area (Å²) in [5.74, 6) is -1.43. The van der Waals surface area contributed by atoms with Crippen LogP contribution in [0.15, 0.2) is 18.2 Å². The standard InChI is InChI=1S/C20H28N2O4/c1-13-15(18(25)21-3)10-7-11-16(13)22-19(26)20(2,12-17(23)24)14-8-5-4-6-9-14/h7,10-11,14H,4-6,8-9,12H2,1-3H3,(H,21,25)(H,22,26)(H,23,24). The van der Waals surface area contributed by atoms with Crippen LogP contribution in [0.1, 0.15) is 61.4 Å². The molecule has 0 aromatic heterocycles. The highest BCUT2D eigenvalue weighted by Gasteiger charge is 2.43. The summed E-state index contributed by atoms with van der Waals surface area (Å²) in [5.41, 5.74) is 0.731. The molecule has 0 saturated heterocycles. The molecule has 1 saturated carbocycles. The molecule has 1 aliphatic carbocycles. The molecule has 0 aliphatic heterocycles. The molecule has 1 aromatic rings. The number of anilines is 1. The van der Waals surface area contributed by atoms with Gasteiger partial charge in [-0.2, -0.15) is 0 Å². The molecule has 0 radical (unpaired) electrons. The highest BCUT2D eigenvalue weighted by Crippen LogP contribution is 2.42. The van der Waals surface area contributed by atoms with Crippen molar-refractivity contribution >= 4 is 23.5 Å². The van der Waals surface area contributed by atoms with Crippen LogP contribution in [-0.4, -0.2) is 29.9 Å². The molecule has 1 atom stereocenters. The lowest BCUT2D eigenvalue weighted by Gasteiger charge is -2.37. The van der Waals surface area contributed by atoms with Gasteiger partial charge in [0.05, 0.1) is 11.8 Å². The van der Waals surface area contributed by atoms with Gasteiger partial charge in [0.25, 0.3) is 5.91 Å². The number of rotatable bonds is 6. The van der Waals surface area contributed by atoms with E-state index in [4.69, 9.17) is 0 Å². The minimum Gasteiger partial charge on any atom is -0.481 e. The lowest BCUT2D eigenvalue weighted by molar-refractivity contribution is -0.145. The number of hydrogen-bond donors (Lipinski definition) is 3. The molecule has 2 rings (SSSR count). The average molecular weight is 360 g/mol. The van der Waals surface area contributed by atoms with E-state index in [9.17, 15) is 19.5 Å². The van der Waals surface area contributed by atoms with Crippen LogP contribution in [0.25, 0.3) is 0 Å². The first-order valence-corrected chi connectivity index (χ1v) is 9.14. The van der Waals surface area contributed by atoms with Crippen molar-refractivity contribution in [2.45, 2.75) is 52.4 Å². The van der Waals surface area contributed by atoms with E-state index in [-0.39, 0.29) is 24.2 Å². The van der Waals surface area contributed by atoms with Crippen LogP contribution >= 0.6 is 0 Å². The molecule has 26 heavy (non-hydrogen) atoms. The molecule has 1 aromatic carbocycles. The third-order valence-corrected chi connectivity index (χ3v) is 5.60. The lowest BCUT2D eigenvalue weighted by atomic mass is 9.67. The van der Waals surface area contributed by atoms with Crippen LogP contribution < -0.4 is 10.6 Å². The Kier molecular flexibility index (Phi) is 6.40. The van der Waals surface area contributed by atoms with Gasteiger partial charge in [0.2, 0.25) is 5.91 Å². The quantitative estimate of drug-likeness (QED) is 0.725. The SMILES string of the molecule is CNC(=O)c1cccc(NC(=O)C(C)(CC(=O)O)C2CCCCC2)c1C. The van der Waals surface area contributed by atoms with Crippen molar-refractivity contribution in [1.82, 2.24) is 5.32 Å². The number of carbonyl (C=O) groups is 3. The van der Waals surface area contributed by atoms with Crippen LogP contribution in [0.5, 0.6) is 0 Å². The Morgan fingerprint density at radius 2 is 1.85 bits per heavy atom. The molecular weight excluding hydrogens is 332 g/mol. The lowest BCUT2D eigenvalue weighted by Crippen LogP contribution is -2.42. The largest absolute Gasteiger partial charge is 0.481 e. The summed E-state index contributed by atoms with van der Waals surface area (Å²) in [5, 5.41) is 14.8. The van der Waals surface area contributed by atoms with E-state index in [0.29, 0.717) is 16.8 Å². The molecule has 1 aliphatic rings. The van der Waals surface area contributed by atoms with Gasteiger partial charge in [0.1, 0.15) is 0 Å². The Balaban J connectivity index is 2.29. The van der Waals surface area contributed by atoms with Crippen molar-refractivity contribution in [2.75, 3.05) is 12.4 Å². The fourth-order valence-electron chi connectivity index (χ4n) is 3.88. The van der Waals surface area contributed by atoms with Gasteiger partial charge in [-0.3, -0.25) is 14.4 Å². The van der Waals surface area contributed by atoms with Crippen molar-refractivity contribution in [3.63, 3.8) is 0 Å². The summed E-state index contributed by atoms with van der Waals surface area (Å²) in [7, 11) is 1.56. The number of carboxylic acid groups (broad SMARTS) is 1. The van der Waals surface area contributed by atoms with Gasteiger partial charge in [-0.1, -0.05) is 25.3 Å². The van der Waals surface area contributed by atoms with E-state index < -0.39 is 11.4 Å². The zero-order valence-corrected chi connectivity index (χ0v) is 15.7. The zero-order valence-electron chi connectivity index (χ0n) is 15.7. The van der Waals surface area contributed by atoms with Crippen molar-refractivity contribution in [1.29, 1.82) is 0 Å². The maximum atomic E-state index is 13.1. The Labute approximate surface area is 154 Å². The van der Waals surface area contributed by atoms with Gasteiger partial charge < -0.3 is 15.7 Å². The molecule has 0 bridgehead atoms. The van der Waals surface area contributed by atoms with E-state index in [0.717, 1.165) is 32.1 Å². The Hall–Kier alpha value is -2.37. The molecule has 0 spiro atoms. The summed E-state index contributed by atoms with van der Waals surface area (Å²) in [4.78, 5) is 36.5. The second kappa shape index (κ2) is 8.34. The van der Waals surface area contributed by atoms with Gasteiger partial charge in [0.15, 0.2) is 0 Å². The van der Waals surface area contributed by atoms with Crippen LogP contribution in [0.2, 0.25) is 0 Å². The highest BCUT2D eigenvalue weighted by molar-refractivity contribution is 6.01. The summed E-state index contributed by atoms with van der Waals surface area (Å²) in [6.45, 7) is 3.53. The molecule has 142 valence electrons. The Bertz CT molecular complexity index is 695. The van der Waals surface area contributed by atoms with Crippen LogP contribution in [-0.2, 0) is 9.59 Å². The van der Waals surface area contributed by atoms with Gasteiger partial charge in [-0.25, -0.2) is 0 Å². The zero-order chi connectivity index (χ0) is 19.3. The van der Waals surface area contributed by atoms with Crippen molar-refractivity contribution in [3.8, 4) is 0 Å². The second-order valence-electron chi connectivity index (χ2n) is 7.33. The van der Waals surface area contributed by atoms with E-state index in [1.54, 1.807) is 39.1 Å². The number of carbonyl (C=O) groups excluding carboxylic acids is 2. The first kappa shape index (κ1) is 19.9. The number of amides is 2. The van der Waals surface area contributed by atoms with Gasteiger partial charge in [-0.05, 0) is 50.3 Å². The molecule has 1 unspecified atom stereocenters. The first-order chi connectivity index (χ1) is 12.3. The van der Waals surface area contributed by atoms with Crippen molar-refractivity contribution in [3.05, 3.63) is 29.3 Å². The predicted molar refractivity (Wildman–Crippen MR) is 100 cm³/mol. The Morgan fingerprint density at radius 1 is 1.19 bits per heavy atom. The average Bonchev–Trinajstić information content (AvgIpc) is 2.62. The van der Waals surface area contributed by atoms with Crippen LogP contribution in [0, 0.1) is 18.3 Å². The van der Waals surface area contributed by atoms with Gasteiger partial charge >= 0.3 is 5.97 Å². The van der Waals surface area contributed by atoms with Gasteiger partial charge in [0, 0.05) is 18.3 Å². The van der Waals surface area contributed by atoms with E-state index in [1.807, 2.05) is 0 Å². The first-order valence-electron chi connectivity index (χ1n) is 9.14. The summed E-state index contributed by atoms with van der Waals surface area (Å²) in [6.07, 6.45) is 4.73. The molecule has 3 N–H and O–H groups in total. The minimum atomic E-state index is -0.971. The third-order valence-electron chi connectivity index (χ3n) is 5.60. The van der Waals surface area contributed by atoms with E-state index in [2.05, 4.69) is 10.6 Å². The highest BCUT2D eigenvalue weighted by atomic mass is 16.4. The summed E-state index contributed by atoms with van der Waals surface area (Å²) < 4.78 is 0. The minimum absolute atomic E-state index is 0.0507. The molecule has 6 nitrogen and oxygen atoms in total. The number of aliphatic carboxylic acids is 1. The van der Waals surface area contributed by atoms with Crippen molar-refractivity contribution < 1.29 is 19.5 Å². The third kappa shape index (κ3) is 4.23. The number of benzene rings is 1. The molecule has 0 heterocycles. The monoisotopic (exact) mass is 360 g/mol. The fraction of sp³-hybridized carbons (Fsp3) is 0.550. The van der Waals surface area contributed by atoms with Crippen LogP contribution in [0.4, 0.5) is 5.69 Å². The van der Waals surface area contributed by atoms with E-state index in [1.165, 1.54) is 0 Å². The molecule has 2 amide bonds. The Morgan fingerprint density at radius 3 is 2.42 bits per heavy atom.